The predicted octanol–water partition coefficient (Wildman–Crippen LogP) is 6.68. The lowest BCUT2D eigenvalue weighted by Gasteiger charge is -2.42. The molecule has 0 radical (unpaired) electrons. The van der Waals surface area contributed by atoms with E-state index in [1.165, 1.54) is 57.8 Å². The van der Waals surface area contributed by atoms with Crippen molar-refractivity contribution in [2.75, 3.05) is 0 Å². The van der Waals surface area contributed by atoms with Gasteiger partial charge in [0.05, 0.1) is 6.07 Å². The van der Waals surface area contributed by atoms with Crippen molar-refractivity contribution in [3.8, 4) is 6.07 Å². The van der Waals surface area contributed by atoms with Crippen LogP contribution in [0.25, 0.3) is 0 Å². The quantitative estimate of drug-likeness (QED) is 0.563. The fraction of sp³-hybridized carbons (Fsp3) is 0.955. The molecule has 0 aromatic rings. The molecule has 3 aliphatic rings. The summed E-state index contributed by atoms with van der Waals surface area (Å²) in [6.07, 6.45) is 15.1. The molecule has 0 N–H and O–H groups in total. The fourth-order valence-corrected chi connectivity index (χ4v) is 6.16. The van der Waals surface area contributed by atoms with Crippen LogP contribution in [-0.2, 0) is 0 Å². The van der Waals surface area contributed by atoms with Crippen LogP contribution < -0.4 is 0 Å². The second-order valence-corrected chi connectivity index (χ2v) is 9.06. The van der Waals surface area contributed by atoms with E-state index in [1.807, 2.05) is 0 Å². The van der Waals surface area contributed by atoms with Gasteiger partial charge in [0.1, 0.15) is 6.17 Å². The van der Waals surface area contributed by atoms with Gasteiger partial charge in [-0.3, -0.25) is 0 Å². The highest BCUT2D eigenvalue weighted by atomic mass is 19.1. The molecule has 0 saturated heterocycles. The van der Waals surface area contributed by atoms with Crippen molar-refractivity contribution in [1.82, 2.24) is 0 Å². The van der Waals surface area contributed by atoms with Gasteiger partial charge < -0.3 is 0 Å². The Hall–Kier alpha value is -0.580. The van der Waals surface area contributed by atoms with Gasteiger partial charge in [0, 0.05) is 5.92 Å². The summed E-state index contributed by atoms with van der Waals surface area (Å²) in [6.45, 7) is 2.29. The summed E-state index contributed by atoms with van der Waals surface area (Å²) in [5.74, 6) is 3.54. The third kappa shape index (κ3) is 4.33. The van der Waals surface area contributed by atoms with E-state index < -0.39 is 6.17 Å². The highest BCUT2D eigenvalue weighted by Crippen LogP contribution is 2.47. The number of rotatable bonds is 4. The van der Waals surface area contributed by atoms with Crippen LogP contribution in [0.4, 0.5) is 4.39 Å². The van der Waals surface area contributed by atoms with E-state index in [4.69, 9.17) is 5.26 Å². The Kier molecular flexibility index (Phi) is 6.59. The first-order valence-corrected chi connectivity index (χ1v) is 10.7. The van der Waals surface area contributed by atoms with Crippen LogP contribution in [0.2, 0.25) is 0 Å². The summed E-state index contributed by atoms with van der Waals surface area (Å²) in [5.41, 5.74) is 0. The van der Waals surface area contributed by atoms with Gasteiger partial charge in [-0.15, -0.1) is 0 Å². The number of nitrogens with zero attached hydrogens (tertiary/aromatic N) is 1. The highest BCUT2D eigenvalue weighted by molar-refractivity contribution is 4.92. The summed E-state index contributed by atoms with van der Waals surface area (Å²) in [6, 6.07) is 2.42. The van der Waals surface area contributed by atoms with Gasteiger partial charge in [-0.1, -0.05) is 32.6 Å². The molecule has 1 nitrogen and oxygen atoms in total. The first-order valence-electron chi connectivity index (χ1n) is 10.7. The number of halogens is 1. The standard InChI is InChI=1S/C22H36FN/c1-2-3-16-4-10-19(11-5-16)21-13-12-20(14-22(21)23)18-8-6-17(15-24)7-9-18/h16-22H,2-14H2,1H3. The van der Waals surface area contributed by atoms with Crippen LogP contribution in [0, 0.1) is 46.8 Å². The van der Waals surface area contributed by atoms with Crippen LogP contribution in [0.1, 0.15) is 90.4 Å². The molecule has 24 heavy (non-hydrogen) atoms. The molecule has 3 unspecified atom stereocenters. The molecular formula is C22H36FN. The molecule has 3 aliphatic carbocycles. The molecule has 2 heteroatoms. The first-order chi connectivity index (χ1) is 11.7. The van der Waals surface area contributed by atoms with Gasteiger partial charge in [0.15, 0.2) is 0 Å². The average Bonchev–Trinajstić information content (AvgIpc) is 2.63. The highest BCUT2D eigenvalue weighted by Gasteiger charge is 2.39. The minimum absolute atomic E-state index is 0.275. The number of nitriles is 1. The van der Waals surface area contributed by atoms with Gasteiger partial charge in [0.25, 0.3) is 0 Å². The van der Waals surface area contributed by atoms with Crippen molar-refractivity contribution in [1.29, 1.82) is 5.26 Å². The fourth-order valence-electron chi connectivity index (χ4n) is 6.16. The van der Waals surface area contributed by atoms with Gasteiger partial charge in [-0.25, -0.2) is 4.39 Å². The lowest BCUT2D eigenvalue weighted by atomic mass is 9.64. The third-order valence-electron chi connectivity index (χ3n) is 7.68. The SMILES string of the molecule is CCCC1CCC(C2CCC(C3CCC(C#N)CC3)CC2F)CC1. The van der Waals surface area contributed by atoms with Gasteiger partial charge in [-0.05, 0) is 87.4 Å². The van der Waals surface area contributed by atoms with Crippen LogP contribution in [-0.4, -0.2) is 6.17 Å². The van der Waals surface area contributed by atoms with Gasteiger partial charge in [-0.2, -0.15) is 5.26 Å². The second kappa shape index (κ2) is 8.68. The van der Waals surface area contributed by atoms with Crippen molar-refractivity contribution in [2.45, 2.75) is 96.6 Å². The lowest BCUT2D eigenvalue weighted by molar-refractivity contribution is 0.0344. The van der Waals surface area contributed by atoms with Crippen LogP contribution >= 0.6 is 0 Å². The minimum atomic E-state index is -0.551. The Bertz CT molecular complexity index is 412. The maximum atomic E-state index is 15.0. The number of hydrogen-bond donors (Lipinski definition) is 0. The van der Waals surface area contributed by atoms with E-state index in [0.29, 0.717) is 23.7 Å². The summed E-state index contributed by atoms with van der Waals surface area (Å²) < 4.78 is 15.0. The molecule has 136 valence electrons. The molecule has 0 aromatic carbocycles. The Labute approximate surface area is 148 Å². The van der Waals surface area contributed by atoms with Crippen LogP contribution in [0.3, 0.4) is 0 Å². The van der Waals surface area contributed by atoms with E-state index in [-0.39, 0.29) is 5.92 Å². The molecule has 0 bridgehead atoms. The summed E-state index contributed by atoms with van der Waals surface area (Å²) >= 11 is 0. The first kappa shape index (κ1) is 18.2. The minimum Gasteiger partial charge on any atom is -0.247 e. The smallest absolute Gasteiger partial charge is 0.103 e. The zero-order valence-electron chi connectivity index (χ0n) is 15.6. The van der Waals surface area contributed by atoms with E-state index >= 15 is 0 Å². The Morgan fingerprint density at radius 2 is 1.46 bits per heavy atom. The van der Waals surface area contributed by atoms with Crippen molar-refractivity contribution in [3.63, 3.8) is 0 Å². The third-order valence-corrected chi connectivity index (χ3v) is 7.68. The molecule has 0 aliphatic heterocycles. The van der Waals surface area contributed by atoms with E-state index in [1.54, 1.807) is 0 Å². The topological polar surface area (TPSA) is 23.8 Å². The summed E-state index contributed by atoms with van der Waals surface area (Å²) in [5, 5.41) is 9.05. The van der Waals surface area contributed by atoms with Gasteiger partial charge in [0.2, 0.25) is 0 Å². The molecule has 3 atom stereocenters. The molecule has 0 heterocycles. The monoisotopic (exact) mass is 333 g/mol. The van der Waals surface area contributed by atoms with E-state index in [9.17, 15) is 4.39 Å². The zero-order chi connectivity index (χ0) is 16.9. The van der Waals surface area contributed by atoms with Crippen LogP contribution in [0.5, 0.6) is 0 Å². The Morgan fingerprint density at radius 3 is 2.04 bits per heavy atom. The average molecular weight is 334 g/mol. The molecular weight excluding hydrogens is 297 g/mol. The lowest BCUT2D eigenvalue weighted by Crippen LogP contribution is -2.36. The van der Waals surface area contributed by atoms with Crippen LogP contribution in [0.15, 0.2) is 0 Å². The molecule has 0 spiro atoms. The normalized spacial score (nSPS) is 44.0. The molecule has 3 saturated carbocycles. The van der Waals surface area contributed by atoms with Crippen molar-refractivity contribution >= 4 is 0 Å². The second-order valence-electron chi connectivity index (χ2n) is 9.06. The molecule has 0 aromatic heterocycles. The molecule has 0 amide bonds. The number of hydrogen-bond acceptors (Lipinski definition) is 1. The van der Waals surface area contributed by atoms with E-state index in [0.717, 1.165) is 31.6 Å². The zero-order valence-corrected chi connectivity index (χ0v) is 15.6. The van der Waals surface area contributed by atoms with Crippen molar-refractivity contribution in [2.24, 2.45) is 35.5 Å². The molecule has 3 fully saturated rings. The van der Waals surface area contributed by atoms with Crippen molar-refractivity contribution < 1.29 is 4.39 Å². The largest absolute Gasteiger partial charge is 0.247 e. The maximum Gasteiger partial charge on any atom is 0.103 e. The number of alkyl halides is 1. The summed E-state index contributed by atoms with van der Waals surface area (Å²) in [4.78, 5) is 0. The van der Waals surface area contributed by atoms with E-state index in [2.05, 4.69) is 13.0 Å². The van der Waals surface area contributed by atoms with Crippen molar-refractivity contribution in [3.05, 3.63) is 0 Å². The summed E-state index contributed by atoms with van der Waals surface area (Å²) in [7, 11) is 0. The Balaban J connectivity index is 1.45. The maximum absolute atomic E-state index is 15.0. The molecule has 3 rings (SSSR count). The predicted molar refractivity (Wildman–Crippen MR) is 97.1 cm³/mol. The van der Waals surface area contributed by atoms with Gasteiger partial charge >= 0.3 is 0 Å². The Morgan fingerprint density at radius 1 is 0.833 bits per heavy atom.